The number of methoxy groups -OCH3 is 3. The third kappa shape index (κ3) is 3.90. The van der Waals surface area contributed by atoms with Crippen LogP contribution in [0.2, 0.25) is 0 Å². The highest BCUT2D eigenvalue weighted by molar-refractivity contribution is 6.04. The van der Waals surface area contributed by atoms with Gasteiger partial charge in [-0.3, -0.25) is 14.7 Å². The molecule has 28 heavy (non-hydrogen) atoms. The van der Waals surface area contributed by atoms with Gasteiger partial charge in [0.05, 0.1) is 39.3 Å². The summed E-state index contributed by atoms with van der Waals surface area (Å²) in [5, 5.41) is 10.5. The zero-order valence-corrected chi connectivity index (χ0v) is 15.8. The van der Waals surface area contributed by atoms with E-state index in [-0.39, 0.29) is 12.1 Å². The van der Waals surface area contributed by atoms with E-state index in [1.807, 2.05) is 18.2 Å². The first-order valence-corrected chi connectivity index (χ1v) is 8.60. The molecule has 3 aromatic rings. The summed E-state index contributed by atoms with van der Waals surface area (Å²) in [7, 11) is 4.36. The fraction of sp³-hybridized carbons (Fsp3) is 0.250. The minimum atomic E-state index is -0.629. The van der Waals surface area contributed by atoms with Crippen LogP contribution in [0.15, 0.2) is 42.5 Å². The largest absolute Gasteiger partial charge is 0.493 e. The first kappa shape index (κ1) is 19.2. The normalized spacial score (nSPS) is 11.7. The van der Waals surface area contributed by atoms with Crippen LogP contribution in [0.25, 0.3) is 10.9 Å². The van der Waals surface area contributed by atoms with E-state index in [0.717, 1.165) is 5.52 Å². The topological polar surface area (TPSA) is 103 Å². The molecule has 1 atom stereocenters. The summed E-state index contributed by atoms with van der Waals surface area (Å²) < 4.78 is 15.3. The van der Waals surface area contributed by atoms with Crippen molar-refractivity contribution in [3.05, 3.63) is 53.7 Å². The number of nitrogens with one attached hydrogen (secondary N) is 2. The van der Waals surface area contributed by atoms with Crippen molar-refractivity contribution in [1.82, 2.24) is 15.5 Å². The van der Waals surface area contributed by atoms with Gasteiger partial charge in [0.25, 0.3) is 5.91 Å². The van der Waals surface area contributed by atoms with Crippen molar-refractivity contribution in [2.45, 2.75) is 12.5 Å². The number of fused-ring (bicyclic) bond motifs is 1. The third-order valence-corrected chi connectivity index (χ3v) is 4.40. The highest BCUT2D eigenvalue weighted by Crippen LogP contribution is 2.31. The molecule has 0 radical (unpaired) electrons. The lowest BCUT2D eigenvalue weighted by Crippen LogP contribution is -2.31. The quantitative estimate of drug-likeness (QED) is 0.608. The second-order valence-corrected chi connectivity index (χ2v) is 6.04. The lowest BCUT2D eigenvalue weighted by Gasteiger charge is -2.19. The van der Waals surface area contributed by atoms with Gasteiger partial charge in [-0.2, -0.15) is 5.10 Å². The van der Waals surface area contributed by atoms with Gasteiger partial charge in [0.15, 0.2) is 17.2 Å². The Morgan fingerprint density at radius 1 is 1.07 bits per heavy atom. The van der Waals surface area contributed by atoms with E-state index < -0.39 is 17.9 Å². The summed E-state index contributed by atoms with van der Waals surface area (Å²) in [4.78, 5) is 24.8. The monoisotopic (exact) mass is 383 g/mol. The van der Waals surface area contributed by atoms with Crippen LogP contribution in [0.4, 0.5) is 0 Å². The van der Waals surface area contributed by atoms with Crippen LogP contribution in [-0.2, 0) is 9.53 Å². The van der Waals surface area contributed by atoms with Crippen molar-refractivity contribution in [1.29, 1.82) is 0 Å². The molecule has 8 nitrogen and oxygen atoms in total. The molecule has 0 aliphatic heterocycles. The molecule has 0 spiro atoms. The summed E-state index contributed by atoms with van der Waals surface area (Å²) in [6, 6.07) is 11.9. The molecule has 0 bridgehead atoms. The summed E-state index contributed by atoms with van der Waals surface area (Å²) >= 11 is 0. The highest BCUT2D eigenvalue weighted by Gasteiger charge is 2.23. The molecule has 146 valence electrons. The van der Waals surface area contributed by atoms with Gasteiger partial charge in [-0.15, -0.1) is 0 Å². The van der Waals surface area contributed by atoms with Crippen molar-refractivity contribution >= 4 is 22.8 Å². The molecule has 0 aliphatic carbocycles. The zero-order chi connectivity index (χ0) is 20.1. The number of nitrogens with zero attached hydrogens (tertiary/aromatic N) is 1. The van der Waals surface area contributed by atoms with Crippen LogP contribution in [0.5, 0.6) is 11.5 Å². The van der Waals surface area contributed by atoms with Crippen molar-refractivity contribution in [3.8, 4) is 11.5 Å². The zero-order valence-electron chi connectivity index (χ0n) is 15.8. The summed E-state index contributed by atoms with van der Waals surface area (Å²) in [5.74, 6) is 0.190. The van der Waals surface area contributed by atoms with Crippen LogP contribution in [0.1, 0.15) is 28.5 Å². The Morgan fingerprint density at radius 3 is 2.54 bits per heavy atom. The van der Waals surface area contributed by atoms with Gasteiger partial charge in [-0.25, -0.2) is 0 Å². The summed E-state index contributed by atoms with van der Waals surface area (Å²) in [6.07, 6.45) is -0.0416. The molecule has 2 N–H and O–H groups in total. The van der Waals surface area contributed by atoms with Gasteiger partial charge >= 0.3 is 5.97 Å². The number of benzene rings is 2. The number of carbonyl (C=O) groups is 2. The van der Waals surface area contributed by atoms with Crippen LogP contribution in [0.3, 0.4) is 0 Å². The maximum atomic E-state index is 12.8. The second kappa shape index (κ2) is 8.43. The lowest BCUT2D eigenvalue weighted by molar-refractivity contribution is -0.141. The average Bonchev–Trinajstić information content (AvgIpc) is 3.16. The molecule has 0 saturated heterocycles. The van der Waals surface area contributed by atoms with Crippen LogP contribution in [-0.4, -0.2) is 43.4 Å². The molecule has 1 amide bonds. The number of rotatable bonds is 7. The van der Waals surface area contributed by atoms with E-state index >= 15 is 0 Å². The predicted molar refractivity (Wildman–Crippen MR) is 102 cm³/mol. The predicted octanol–water partition coefficient (Wildman–Crippen LogP) is 2.61. The smallest absolute Gasteiger partial charge is 0.307 e. The molecular formula is C20H21N3O5. The van der Waals surface area contributed by atoms with Crippen LogP contribution in [0, 0.1) is 0 Å². The molecule has 0 saturated carbocycles. The van der Waals surface area contributed by atoms with Gasteiger partial charge in [0.1, 0.15) is 0 Å². The molecule has 0 fully saturated rings. The maximum absolute atomic E-state index is 12.8. The number of amides is 1. The van der Waals surface area contributed by atoms with Gasteiger partial charge in [-0.05, 0) is 23.8 Å². The SMILES string of the molecule is COC(=O)CC(NC(=O)c1n[nH]c2ccccc12)c1ccc(OC)c(OC)c1. The number of carbonyl (C=O) groups excluding carboxylic acids is 2. The number of hydrogen-bond acceptors (Lipinski definition) is 6. The minimum absolute atomic E-state index is 0.0416. The van der Waals surface area contributed by atoms with E-state index in [1.54, 1.807) is 24.3 Å². The molecule has 2 aromatic carbocycles. The van der Waals surface area contributed by atoms with Crippen LogP contribution >= 0.6 is 0 Å². The first-order valence-electron chi connectivity index (χ1n) is 8.60. The fourth-order valence-electron chi connectivity index (χ4n) is 2.93. The summed E-state index contributed by atoms with van der Waals surface area (Å²) in [6.45, 7) is 0. The number of H-pyrrole nitrogens is 1. The van der Waals surface area contributed by atoms with Gasteiger partial charge in [0, 0.05) is 5.39 Å². The Hall–Kier alpha value is -3.55. The number of ether oxygens (including phenoxy) is 3. The number of aromatic nitrogens is 2. The number of hydrogen-bond donors (Lipinski definition) is 2. The molecule has 8 heteroatoms. The lowest BCUT2D eigenvalue weighted by atomic mass is 10.0. The molecule has 0 aliphatic rings. The van der Waals surface area contributed by atoms with Crippen molar-refractivity contribution in [2.75, 3.05) is 21.3 Å². The number of para-hydroxylation sites is 1. The molecule has 1 heterocycles. The van der Waals surface area contributed by atoms with Gasteiger partial charge in [-0.1, -0.05) is 24.3 Å². The Labute approximate surface area is 161 Å². The van der Waals surface area contributed by atoms with E-state index in [4.69, 9.17) is 14.2 Å². The van der Waals surface area contributed by atoms with E-state index in [2.05, 4.69) is 15.5 Å². The minimum Gasteiger partial charge on any atom is -0.493 e. The van der Waals surface area contributed by atoms with Crippen molar-refractivity contribution in [2.24, 2.45) is 0 Å². The molecule has 1 aromatic heterocycles. The van der Waals surface area contributed by atoms with Crippen molar-refractivity contribution < 1.29 is 23.8 Å². The Kier molecular flexibility index (Phi) is 5.78. The van der Waals surface area contributed by atoms with Crippen LogP contribution < -0.4 is 14.8 Å². The van der Waals surface area contributed by atoms with Gasteiger partial charge < -0.3 is 19.5 Å². The Morgan fingerprint density at radius 2 is 1.82 bits per heavy atom. The van der Waals surface area contributed by atoms with Gasteiger partial charge in [0.2, 0.25) is 0 Å². The fourth-order valence-corrected chi connectivity index (χ4v) is 2.93. The maximum Gasteiger partial charge on any atom is 0.307 e. The molecular weight excluding hydrogens is 362 g/mol. The molecule has 1 unspecified atom stereocenters. The summed E-state index contributed by atoms with van der Waals surface area (Å²) in [5.41, 5.74) is 1.69. The Balaban J connectivity index is 1.92. The standard InChI is InChI=1S/C20H21N3O5/c1-26-16-9-8-12(10-17(16)27-2)15(11-18(24)28-3)21-20(25)19-13-6-4-5-7-14(13)22-23-19/h4-10,15H,11H2,1-3H3,(H,21,25)(H,22,23). The molecule has 3 rings (SSSR count). The van der Waals surface area contributed by atoms with Crippen molar-refractivity contribution in [3.63, 3.8) is 0 Å². The van der Waals surface area contributed by atoms with E-state index in [9.17, 15) is 9.59 Å². The van der Waals surface area contributed by atoms with E-state index in [0.29, 0.717) is 22.4 Å². The first-order chi connectivity index (χ1) is 13.6. The average molecular weight is 383 g/mol. The number of aromatic amines is 1. The van der Waals surface area contributed by atoms with E-state index in [1.165, 1.54) is 21.3 Å². The highest BCUT2D eigenvalue weighted by atomic mass is 16.5. The second-order valence-electron chi connectivity index (χ2n) is 6.04. The third-order valence-electron chi connectivity index (χ3n) is 4.40. The number of esters is 1. The Bertz CT molecular complexity index is 998.